The molecule has 4 aromatic heterocycles. The molecule has 27 rings (SSSR count). The van der Waals surface area contributed by atoms with Gasteiger partial charge in [0.25, 0.3) is 6.71 Å². The van der Waals surface area contributed by atoms with Gasteiger partial charge in [-0.2, -0.15) is 0 Å². The molecule has 0 atom stereocenters. The van der Waals surface area contributed by atoms with Gasteiger partial charge in [0.15, 0.2) is 0 Å². The van der Waals surface area contributed by atoms with Crippen LogP contribution in [0.1, 0.15) is 79.0 Å². The van der Waals surface area contributed by atoms with Crippen LogP contribution in [0.5, 0.6) is 0 Å². The van der Waals surface area contributed by atoms with Gasteiger partial charge in [-0.05, 0) is 300 Å². The molecule has 0 amide bonds. The van der Waals surface area contributed by atoms with E-state index in [1.54, 1.807) is 0 Å². The van der Waals surface area contributed by atoms with E-state index in [0.29, 0.717) is 0 Å². The van der Waals surface area contributed by atoms with Crippen LogP contribution in [0.4, 0.5) is 34.1 Å². The molecule has 690 valence electrons. The van der Waals surface area contributed by atoms with Gasteiger partial charge in [-0.15, -0.1) is 22.7 Å². The molecule has 0 fully saturated rings. The lowest BCUT2D eigenvalue weighted by atomic mass is 9.33. The molecule has 25 aromatic rings. The van der Waals surface area contributed by atoms with Gasteiger partial charge in [-0.3, -0.25) is 0 Å². The number of nitrogens with zero attached hydrogens (tertiary/aromatic N) is 2. The Bertz CT molecular complexity index is 9180. The average molecular weight is 1890 g/mol. The second kappa shape index (κ2) is 34.0. The molecule has 0 bridgehead atoms. The molecule has 0 aliphatic carbocycles. The molecule has 0 radical (unpaired) electrons. The highest BCUT2D eigenvalue weighted by atomic mass is 32.1. The number of thiophene rings is 2. The minimum atomic E-state index is -0.441. The molecule has 0 saturated heterocycles. The molecule has 145 heavy (non-hydrogen) atoms. The first-order valence-corrected chi connectivity index (χ1v) is 52.2. The van der Waals surface area contributed by atoms with Crippen molar-refractivity contribution in [3.8, 4) is 134 Å². The van der Waals surface area contributed by atoms with Gasteiger partial charge in [0, 0.05) is 107 Å². The largest absolute Gasteiger partial charge is 0.456 e. The van der Waals surface area contributed by atoms with E-state index in [-0.39, 0.29) is 16.2 Å². The Kier molecular flexibility index (Phi) is 20.5. The first-order chi connectivity index (χ1) is 70.8. The summed E-state index contributed by atoms with van der Waals surface area (Å²) in [6, 6.07) is 171. The lowest BCUT2D eigenvalue weighted by Gasteiger charge is -2.46. The summed E-state index contributed by atoms with van der Waals surface area (Å²) in [6.45, 7) is 21.0. The maximum absolute atomic E-state index is 7.21. The van der Waals surface area contributed by atoms with Gasteiger partial charge in [0.1, 0.15) is 22.3 Å². The Labute approximate surface area is 853 Å². The number of para-hydroxylation sites is 2. The lowest BCUT2D eigenvalue weighted by molar-refractivity contribution is 0.590. The third-order valence-corrected chi connectivity index (χ3v) is 32.7. The highest BCUT2D eigenvalue weighted by molar-refractivity contribution is 7.26. The normalized spacial score (nSPS) is 12.7. The zero-order valence-corrected chi connectivity index (χ0v) is 84.0. The van der Waals surface area contributed by atoms with E-state index < -0.39 is 6.71 Å². The van der Waals surface area contributed by atoms with Crippen molar-refractivity contribution in [3.05, 3.63) is 466 Å². The van der Waals surface area contributed by atoms with E-state index in [1.807, 2.05) is 22.7 Å². The van der Waals surface area contributed by atoms with Crippen molar-refractivity contribution < 1.29 is 8.83 Å². The summed E-state index contributed by atoms with van der Waals surface area (Å²) < 4.78 is 19.3. The van der Waals surface area contributed by atoms with Gasteiger partial charge in [-0.25, -0.2) is 0 Å². The summed E-state index contributed by atoms with van der Waals surface area (Å²) in [7, 11) is 0. The molecule has 2 aliphatic rings. The predicted molar refractivity (Wildman–Crippen MR) is 622 cm³/mol. The Morgan fingerprint density at radius 1 is 0.193 bits per heavy atom. The smallest absolute Gasteiger partial charge is 0.252 e. The van der Waals surface area contributed by atoms with E-state index in [2.05, 4.69) is 521 Å². The van der Waals surface area contributed by atoms with Crippen LogP contribution >= 0.6 is 22.7 Å². The second-order valence-corrected chi connectivity index (χ2v) is 44.7. The fourth-order valence-corrected chi connectivity index (χ4v) is 25.5. The van der Waals surface area contributed by atoms with E-state index in [9.17, 15) is 0 Å². The molecular formula is C138H101BN2O2S2. The van der Waals surface area contributed by atoms with Gasteiger partial charge in [0.05, 0.1) is 11.4 Å². The zero-order chi connectivity index (χ0) is 97.4. The van der Waals surface area contributed by atoms with Crippen LogP contribution in [0, 0.1) is 0 Å². The molecule has 0 unspecified atom stereocenters. The van der Waals surface area contributed by atoms with Crippen molar-refractivity contribution in [2.45, 2.75) is 78.6 Å². The van der Waals surface area contributed by atoms with Gasteiger partial charge >= 0.3 is 0 Å². The molecule has 21 aromatic carbocycles. The standard InChI is InChI=1S/C138H101BN2O2S2/c1-136(2,3)100-74-97(88-45-23-14-24-46-88)73-98(75-100)90-64-66-116-118(77-90)141(135-112(104-52-34-58-124-130(104)108-48-26-30-56-122(108)143-124)81-102(138(7,8)9)83-114(135)106-54-36-62-128-132(106)110-50-28-32-60-126(110)145-128)120-79-99(96-71-93(86-41-19-12-20-42-86)68-94(72-96)87-43-21-13-22-44-87)78-119-133(120)139(116)115-65-63-89(95-69-91(84-37-15-10-16-38-84)67-92(70-95)85-39-17-11-18-40-85)76-117(115)140(119)134-111(103-51-33-57-123-129(103)107-47-25-29-55-121(107)142-123)80-101(137(4,5)6)82-113(134)105-53-35-61-127-131(105)109-49-27-31-59-125(109)144-127/h10-83H,1-9H3. The molecule has 6 heterocycles. The first kappa shape index (κ1) is 87.4. The number of fused-ring (bicyclic) bond motifs is 16. The summed E-state index contributed by atoms with van der Waals surface area (Å²) in [6.07, 6.45) is 0. The minimum Gasteiger partial charge on any atom is -0.456 e. The van der Waals surface area contributed by atoms with E-state index in [0.717, 1.165) is 211 Å². The maximum Gasteiger partial charge on any atom is 0.252 e. The third kappa shape index (κ3) is 14.8. The lowest BCUT2D eigenvalue weighted by Crippen LogP contribution is -2.61. The Morgan fingerprint density at radius 3 is 0.814 bits per heavy atom. The number of benzene rings is 21. The number of furan rings is 2. The molecule has 4 nitrogen and oxygen atoms in total. The topological polar surface area (TPSA) is 32.8 Å². The SMILES string of the molecule is CC(C)(C)c1cc(-c2ccccc2)cc(-c2ccc3c(c2)N(c2c(-c4cccc5oc6ccccc6c45)cc(C(C)(C)C)cc2-c2cccc4sc5ccccc5c24)c2cc(-c4cc(-c5ccccc5)cc(-c5ccccc5)c4)cc4c2B3c2ccc(-c3cc(-c5ccccc5)cc(-c5ccccc5)c3)cc2N4c2c(-c3cccc4oc5ccccc5c34)cc(C(C)(C)C)cc2-c2cccc3sc4ccccc4c23)c1. The van der Waals surface area contributed by atoms with E-state index >= 15 is 0 Å². The Hall–Kier alpha value is -16.7. The monoisotopic (exact) mass is 1890 g/mol. The predicted octanol–water partition coefficient (Wildman–Crippen LogP) is 38.2. The molecule has 0 spiro atoms. The van der Waals surface area contributed by atoms with Crippen LogP contribution in [0.3, 0.4) is 0 Å². The van der Waals surface area contributed by atoms with Crippen molar-refractivity contribution >= 4 is 164 Å². The van der Waals surface area contributed by atoms with Crippen molar-refractivity contribution in [1.82, 2.24) is 0 Å². The van der Waals surface area contributed by atoms with Crippen LogP contribution in [-0.4, -0.2) is 6.71 Å². The van der Waals surface area contributed by atoms with E-state index in [1.165, 1.54) is 73.6 Å². The Balaban J connectivity index is 0.876. The molecular weight excluding hydrogens is 1790 g/mol. The van der Waals surface area contributed by atoms with Crippen molar-refractivity contribution in [1.29, 1.82) is 0 Å². The minimum absolute atomic E-state index is 0.231. The van der Waals surface area contributed by atoms with Crippen molar-refractivity contribution in [2.75, 3.05) is 9.80 Å². The van der Waals surface area contributed by atoms with Gasteiger partial charge in [-0.1, -0.05) is 372 Å². The fraction of sp³-hybridized carbons (Fsp3) is 0.0870. The number of hydrogen-bond donors (Lipinski definition) is 0. The van der Waals surface area contributed by atoms with Gasteiger partial charge in [0.2, 0.25) is 0 Å². The summed E-state index contributed by atoms with van der Waals surface area (Å²) in [5.74, 6) is 0. The summed E-state index contributed by atoms with van der Waals surface area (Å²) in [5, 5.41) is 9.10. The third-order valence-electron chi connectivity index (χ3n) is 30.4. The van der Waals surface area contributed by atoms with E-state index in [4.69, 9.17) is 8.83 Å². The number of hydrogen-bond acceptors (Lipinski definition) is 6. The van der Waals surface area contributed by atoms with Crippen LogP contribution in [0.25, 0.3) is 218 Å². The highest BCUT2D eigenvalue weighted by Crippen LogP contribution is 2.60. The molecule has 0 N–H and O–H groups in total. The van der Waals surface area contributed by atoms with Crippen LogP contribution < -0.4 is 26.2 Å². The zero-order valence-electron chi connectivity index (χ0n) is 82.3. The van der Waals surface area contributed by atoms with Crippen molar-refractivity contribution in [2.24, 2.45) is 0 Å². The quantitative estimate of drug-likeness (QED) is 0.102. The maximum atomic E-state index is 7.21. The molecule has 2 aliphatic heterocycles. The van der Waals surface area contributed by atoms with Gasteiger partial charge < -0.3 is 18.6 Å². The van der Waals surface area contributed by atoms with Crippen LogP contribution in [0.2, 0.25) is 0 Å². The first-order valence-electron chi connectivity index (χ1n) is 50.6. The number of rotatable bonds is 14. The molecule has 7 heteroatoms. The highest BCUT2D eigenvalue weighted by Gasteiger charge is 2.47. The van der Waals surface area contributed by atoms with Crippen molar-refractivity contribution in [3.63, 3.8) is 0 Å². The van der Waals surface area contributed by atoms with Crippen LogP contribution in [0.15, 0.2) is 458 Å². The summed E-state index contributed by atoms with van der Waals surface area (Å²) in [5.41, 5.74) is 42.4. The molecule has 0 saturated carbocycles. The average Bonchev–Trinajstić information content (AvgIpc) is 1.44. The Morgan fingerprint density at radius 2 is 0.455 bits per heavy atom. The summed E-state index contributed by atoms with van der Waals surface area (Å²) in [4.78, 5) is 5.62. The summed E-state index contributed by atoms with van der Waals surface area (Å²) >= 11 is 3.75. The second-order valence-electron chi connectivity index (χ2n) is 42.5. The fourth-order valence-electron chi connectivity index (χ4n) is 23.2. The van der Waals surface area contributed by atoms with Crippen LogP contribution in [-0.2, 0) is 16.2 Å². The number of anilines is 6.